The lowest BCUT2D eigenvalue weighted by Gasteiger charge is -2.12. The van der Waals surface area contributed by atoms with E-state index in [2.05, 4.69) is 34.2 Å². The molecule has 0 aliphatic heterocycles. The van der Waals surface area contributed by atoms with E-state index in [0.29, 0.717) is 6.61 Å². The zero-order chi connectivity index (χ0) is 14.4. The molecule has 0 fully saturated rings. The molecule has 2 nitrogen and oxygen atoms in total. The van der Waals surface area contributed by atoms with E-state index in [9.17, 15) is 0 Å². The minimum Gasteiger partial charge on any atom is -0.489 e. The standard InChI is InChI=1S/C16H17BrClNO/c1-2-19-10-13-9-15(18)6-7-16(13)20-11-12-4-3-5-14(17)8-12/h3-9,19H,2,10-11H2,1H3. The van der Waals surface area contributed by atoms with E-state index in [1.165, 1.54) is 0 Å². The van der Waals surface area contributed by atoms with Crippen LogP contribution in [0.15, 0.2) is 46.9 Å². The van der Waals surface area contributed by atoms with E-state index in [-0.39, 0.29) is 0 Å². The van der Waals surface area contributed by atoms with Crippen LogP contribution in [0.25, 0.3) is 0 Å². The van der Waals surface area contributed by atoms with Crippen LogP contribution < -0.4 is 10.1 Å². The SMILES string of the molecule is CCNCc1cc(Cl)ccc1OCc1cccc(Br)c1. The lowest BCUT2D eigenvalue weighted by atomic mass is 10.2. The van der Waals surface area contributed by atoms with E-state index in [4.69, 9.17) is 16.3 Å². The largest absolute Gasteiger partial charge is 0.489 e. The molecule has 0 atom stereocenters. The highest BCUT2D eigenvalue weighted by Gasteiger charge is 2.05. The number of nitrogens with one attached hydrogen (secondary N) is 1. The van der Waals surface area contributed by atoms with E-state index in [0.717, 1.165) is 39.5 Å². The summed E-state index contributed by atoms with van der Waals surface area (Å²) in [6.45, 7) is 4.29. The lowest BCUT2D eigenvalue weighted by molar-refractivity contribution is 0.302. The third kappa shape index (κ3) is 4.51. The summed E-state index contributed by atoms with van der Waals surface area (Å²) in [5.74, 6) is 0.871. The van der Waals surface area contributed by atoms with Crippen LogP contribution in [-0.2, 0) is 13.2 Å². The van der Waals surface area contributed by atoms with E-state index >= 15 is 0 Å². The maximum absolute atomic E-state index is 6.04. The van der Waals surface area contributed by atoms with Crippen LogP contribution in [0.4, 0.5) is 0 Å². The summed E-state index contributed by atoms with van der Waals surface area (Å²) in [6, 6.07) is 13.8. The third-order valence-corrected chi connectivity index (χ3v) is 3.60. The number of ether oxygens (including phenoxy) is 1. The fraction of sp³-hybridized carbons (Fsp3) is 0.250. The third-order valence-electron chi connectivity index (χ3n) is 2.87. The van der Waals surface area contributed by atoms with Gasteiger partial charge >= 0.3 is 0 Å². The Hall–Kier alpha value is -1.03. The highest BCUT2D eigenvalue weighted by molar-refractivity contribution is 9.10. The Kier molecular flexibility index (Phi) is 5.89. The summed E-state index contributed by atoms with van der Waals surface area (Å²) in [5.41, 5.74) is 2.21. The molecule has 20 heavy (non-hydrogen) atoms. The van der Waals surface area contributed by atoms with Gasteiger partial charge in [0.2, 0.25) is 0 Å². The molecule has 106 valence electrons. The van der Waals surface area contributed by atoms with Crippen molar-refractivity contribution in [2.45, 2.75) is 20.1 Å². The van der Waals surface area contributed by atoms with Crippen molar-refractivity contribution in [2.75, 3.05) is 6.54 Å². The van der Waals surface area contributed by atoms with Gasteiger partial charge in [0.05, 0.1) is 0 Å². The van der Waals surface area contributed by atoms with Crippen LogP contribution in [-0.4, -0.2) is 6.54 Å². The van der Waals surface area contributed by atoms with Gasteiger partial charge in [-0.25, -0.2) is 0 Å². The second-order valence-corrected chi connectivity index (χ2v) is 5.80. The van der Waals surface area contributed by atoms with Crippen LogP contribution in [0, 0.1) is 0 Å². The molecule has 0 heterocycles. The van der Waals surface area contributed by atoms with Gasteiger partial charge in [0.25, 0.3) is 0 Å². The Labute approximate surface area is 133 Å². The van der Waals surface area contributed by atoms with Gasteiger partial charge in [-0.1, -0.05) is 46.6 Å². The van der Waals surface area contributed by atoms with Crippen molar-refractivity contribution >= 4 is 27.5 Å². The van der Waals surface area contributed by atoms with E-state index < -0.39 is 0 Å². The minimum absolute atomic E-state index is 0.542. The smallest absolute Gasteiger partial charge is 0.124 e. The molecule has 2 aromatic carbocycles. The molecule has 0 saturated heterocycles. The molecule has 0 aliphatic carbocycles. The first-order chi connectivity index (χ1) is 9.69. The number of rotatable bonds is 6. The summed E-state index contributed by atoms with van der Waals surface area (Å²) in [5, 5.41) is 4.02. The number of benzene rings is 2. The first-order valence-corrected chi connectivity index (χ1v) is 7.72. The summed E-state index contributed by atoms with van der Waals surface area (Å²) < 4.78 is 6.97. The van der Waals surface area contributed by atoms with Gasteiger partial charge in [0, 0.05) is 21.6 Å². The van der Waals surface area contributed by atoms with Crippen molar-refractivity contribution < 1.29 is 4.74 Å². The molecule has 0 bridgehead atoms. The summed E-state index contributed by atoms with van der Waals surface area (Å²) in [7, 11) is 0. The molecule has 4 heteroatoms. The maximum atomic E-state index is 6.04. The van der Waals surface area contributed by atoms with Gasteiger partial charge in [0.15, 0.2) is 0 Å². The first-order valence-electron chi connectivity index (χ1n) is 6.55. The van der Waals surface area contributed by atoms with Gasteiger partial charge in [-0.15, -0.1) is 0 Å². The molecule has 2 rings (SSSR count). The quantitative estimate of drug-likeness (QED) is 0.805. The lowest BCUT2D eigenvalue weighted by Crippen LogP contribution is -2.13. The highest BCUT2D eigenvalue weighted by atomic mass is 79.9. The van der Waals surface area contributed by atoms with E-state index in [1.54, 1.807) is 0 Å². The molecule has 0 aliphatic rings. The maximum Gasteiger partial charge on any atom is 0.124 e. The van der Waals surface area contributed by atoms with Crippen molar-refractivity contribution in [2.24, 2.45) is 0 Å². The predicted molar refractivity (Wildman–Crippen MR) is 87.3 cm³/mol. The molecule has 1 N–H and O–H groups in total. The second-order valence-electron chi connectivity index (χ2n) is 4.45. The number of halogens is 2. The normalized spacial score (nSPS) is 10.6. The molecule has 2 aromatic rings. The summed E-state index contributed by atoms with van der Waals surface area (Å²) >= 11 is 9.51. The molecule has 0 radical (unpaired) electrons. The summed E-state index contributed by atoms with van der Waals surface area (Å²) in [4.78, 5) is 0. The van der Waals surface area contributed by atoms with Gasteiger partial charge in [0.1, 0.15) is 12.4 Å². The van der Waals surface area contributed by atoms with Crippen molar-refractivity contribution in [3.63, 3.8) is 0 Å². The molecule has 0 spiro atoms. The van der Waals surface area contributed by atoms with Gasteiger partial charge in [-0.3, -0.25) is 0 Å². The molecule has 0 aromatic heterocycles. The first kappa shape index (κ1) is 15.4. The van der Waals surface area contributed by atoms with Crippen LogP contribution in [0.5, 0.6) is 5.75 Å². The average molecular weight is 355 g/mol. The fourth-order valence-electron chi connectivity index (χ4n) is 1.87. The number of hydrogen-bond donors (Lipinski definition) is 1. The Morgan fingerprint density at radius 3 is 2.80 bits per heavy atom. The van der Waals surface area contributed by atoms with Crippen LogP contribution in [0.3, 0.4) is 0 Å². The highest BCUT2D eigenvalue weighted by Crippen LogP contribution is 2.24. The van der Waals surface area contributed by atoms with Gasteiger partial charge in [-0.2, -0.15) is 0 Å². The Bertz CT molecular complexity index is 574. The average Bonchev–Trinajstić information content (AvgIpc) is 2.44. The molecule has 0 amide bonds. The van der Waals surface area contributed by atoms with Gasteiger partial charge < -0.3 is 10.1 Å². The fourth-order valence-corrected chi connectivity index (χ4v) is 2.52. The van der Waals surface area contributed by atoms with Crippen molar-refractivity contribution in [1.29, 1.82) is 0 Å². The molecule has 0 unspecified atom stereocenters. The molecular weight excluding hydrogens is 338 g/mol. The molecule has 0 saturated carbocycles. The van der Waals surface area contributed by atoms with Crippen LogP contribution in [0.1, 0.15) is 18.1 Å². The van der Waals surface area contributed by atoms with Crippen molar-refractivity contribution in [1.82, 2.24) is 5.32 Å². The summed E-state index contributed by atoms with van der Waals surface area (Å²) in [6.07, 6.45) is 0. The molecular formula is C16H17BrClNO. The monoisotopic (exact) mass is 353 g/mol. The zero-order valence-corrected chi connectivity index (χ0v) is 13.7. The van der Waals surface area contributed by atoms with Crippen LogP contribution >= 0.6 is 27.5 Å². The topological polar surface area (TPSA) is 21.3 Å². The number of hydrogen-bond acceptors (Lipinski definition) is 2. The zero-order valence-electron chi connectivity index (χ0n) is 11.3. The second kappa shape index (κ2) is 7.67. The Morgan fingerprint density at radius 1 is 1.20 bits per heavy atom. The minimum atomic E-state index is 0.542. The van der Waals surface area contributed by atoms with Gasteiger partial charge in [-0.05, 0) is 42.4 Å². The van der Waals surface area contributed by atoms with E-state index in [1.807, 2.05) is 36.4 Å². The van der Waals surface area contributed by atoms with Crippen molar-refractivity contribution in [3.8, 4) is 5.75 Å². The van der Waals surface area contributed by atoms with Crippen molar-refractivity contribution in [3.05, 3.63) is 63.1 Å². The predicted octanol–water partition coefficient (Wildman–Crippen LogP) is 4.79. The Balaban J connectivity index is 2.08. The van der Waals surface area contributed by atoms with Crippen LogP contribution in [0.2, 0.25) is 5.02 Å². The Morgan fingerprint density at radius 2 is 2.05 bits per heavy atom.